The Morgan fingerprint density at radius 2 is 0.236 bits per heavy atom. The highest BCUT2D eigenvalue weighted by Crippen LogP contribution is 1.76. The van der Waals surface area contributed by atoms with Gasteiger partial charge in [-0.2, -0.15) is 0 Å². The van der Waals surface area contributed by atoms with E-state index in [1.807, 2.05) is 338 Å². The van der Waals surface area contributed by atoms with Crippen LogP contribution in [-0.2, 0) is 56.4 Å². The van der Waals surface area contributed by atoms with Gasteiger partial charge >= 0.3 is 0 Å². The Labute approximate surface area is 423 Å². The van der Waals surface area contributed by atoms with E-state index in [1.54, 1.807) is 0 Å². The second kappa shape index (κ2) is 53.2. The molecule has 384 valence electrons. The summed E-state index contributed by atoms with van der Waals surface area (Å²) in [5.74, 6) is 0. The van der Waals surface area contributed by atoms with Crippen LogP contribution in [0.1, 0.15) is 0 Å². The van der Waals surface area contributed by atoms with Crippen LogP contribution in [0.3, 0.4) is 0 Å². The van der Waals surface area contributed by atoms with Crippen LogP contribution < -0.4 is 76.7 Å². The molecule has 0 aliphatic rings. The minimum atomic E-state index is -3.17. The first-order valence-electron chi connectivity index (χ1n) is 21.1. The average Bonchev–Trinajstić information content (AvgIpc) is 3.32. The third kappa shape index (κ3) is 74.4. The Morgan fingerprint density at radius 3 is 0.264 bits per heavy atom. The molecule has 0 unspecified atom stereocenters. The Balaban J connectivity index is -0.000000353. The third-order valence-electron chi connectivity index (χ3n) is 6.92. The molecule has 8 heterocycles. The van der Waals surface area contributed by atoms with Crippen LogP contribution >= 0.6 is 0 Å². The topological polar surface area (TPSA) is 216 Å². The van der Waals surface area contributed by atoms with Gasteiger partial charge in [-0.3, -0.25) is 0 Å². The van der Waals surface area contributed by atoms with Crippen LogP contribution in [0.15, 0.2) is 245 Å². The van der Waals surface area contributed by atoms with E-state index in [9.17, 15) is 17.3 Å². The van der Waals surface area contributed by atoms with Crippen LogP contribution in [0.25, 0.3) is 0 Å². The molecule has 0 saturated heterocycles. The van der Waals surface area contributed by atoms with Crippen molar-refractivity contribution in [2.24, 2.45) is 56.4 Å². The molecular formula is C48H64B4F4N8O8. The predicted octanol–water partition coefficient (Wildman–Crippen LogP) is -5.27. The number of aryl methyl sites for hydroxylation is 8. The van der Waals surface area contributed by atoms with Crippen molar-refractivity contribution < 1.29 is 94.0 Å². The summed E-state index contributed by atoms with van der Waals surface area (Å²) in [5.41, 5.74) is 0. The lowest BCUT2D eigenvalue weighted by molar-refractivity contribution is -0.671. The second-order valence-electron chi connectivity index (χ2n) is 13.4. The first-order chi connectivity index (χ1) is 34.1. The molecule has 0 amide bonds. The van der Waals surface area contributed by atoms with E-state index in [4.69, 9.17) is 40.2 Å². The zero-order valence-corrected chi connectivity index (χ0v) is 41.8. The summed E-state index contributed by atoms with van der Waals surface area (Å²) in [5, 5.41) is 66.4. The fourth-order valence-corrected chi connectivity index (χ4v) is 3.88. The van der Waals surface area contributed by atoms with Crippen molar-refractivity contribution in [3.05, 3.63) is 245 Å². The molecule has 72 heavy (non-hydrogen) atoms. The van der Waals surface area contributed by atoms with Gasteiger partial charge in [0.2, 0.25) is 0 Å². The first kappa shape index (κ1) is 71.4. The van der Waals surface area contributed by atoms with Crippen LogP contribution in [0, 0.1) is 0 Å². The standard InChI is InChI=1S/8C6H8N.4BFO2/c8*1-7-5-3-2-4-6-7;4*2-1(3)4/h8*2-6H,1H3;;;;/q8*+1;4*-2. The molecule has 24 heteroatoms. The molecule has 0 fully saturated rings. The Bertz CT molecular complexity index is 1770. The van der Waals surface area contributed by atoms with Gasteiger partial charge in [-0.1, -0.05) is 48.5 Å². The van der Waals surface area contributed by atoms with Gasteiger partial charge in [0, 0.05) is 97.1 Å². The van der Waals surface area contributed by atoms with Crippen molar-refractivity contribution in [3.63, 3.8) is 0 Å². The summed E-state index contributed by atoms with van der Waals surface area (Å²) >= 11 is 0. The van der Waals surface area contributed by atoms with Crippen molar-refractivity contribution in [2.75, 3.05) is 0 Å². The number of hydrogen-bond acceptors (Lipinski definition) is 8. The molecule has 16 nitrogen and oxygen atoms in total. The van der Waals surface area contributed by atoms with Crippen LogP contribution in [-0.4, -0.2) is 29.6 Å². The smallest absolute Gasteiger partial charge is 0.168 e. The van der Waals surface area contributed by atoms with Gasteiger partial charge < -0.3 is 57.5 Å². The van der Waals surface area contributed by atoms with E-state index in [0.717, 1.165) is 0 Å². The van der Waals surface area contributed by atoms with Crippen molar-refractivity contribution in [1.82, 2.24) is 0 Å². The molecule has 8 aromatic rings. The van der Waals surface area contributed by atoms with Gasteiger partial charge in [-0.15, -0.1) is 0 Å². The van der Waals surface area contributed by atoms with E-state index in [-0.39, 0.29) is 0 Å². The summed E-state index contributed by atoms with van der Waals surface area (Å²) in [6.07, 6.45) is 32.0. The number of hydrogen-bond donors (Lipinski definition) is 0. The monoisotopic (exact) mass is 1000 g/mol. The average molecular weight is 1000 g/mol. The van der Waals surface area contributed by atoms with Gasteiger partial charge in [-0.05, 0) is 0 Å². The van der Waals surface area contributed by atoms with E-state index >= 15 is 0 Å². The molecule has 8 rings (SSSR count). The Morgan fingerprint density at radius 1 is 0.181 bits per heavy atom. The van der Waals surface area contributed by atoms with E-state index in [0.29, 0.717) is 0 Å². The molecule has 8 aromatic heterocycles. The molecule has 0 spiro atoms. The summed E-state index contributed by atoms with van der Waals surface area (Å²) < 4.78 is 55.6. The van der Waals surface area contributed by atoms with Gasteiger partial charge in [0.25, 0.3) is 0 Å². The zero-order chi connectivity index (χ0) is 55.2. The lowest BCUT2D eigenvalue weighted by atomic mass is 10.3. The molecule has 0 bridgehead atoms. The maximum atomic E-state index is 9.89. The fraction of sp³-hybridized carbons (Fsp3) is 0.167. The minimum absolute atomic E-state index is 2.00. The van der Waals surface area contributed by atoms with Crippen LogP contribution in [0.4, 0.5) is 17.3 Å². The number of aromatic nitrogens is 8. The van der Waals surface area contributed by atoms with Crippen molar-refractivity contribution >= 4 is 29.6 Å². The van der Waals surface area contributed by atoms with Gasteiger partial charge in [-0.25, -0.2) is 36.5 Å². The highest BCUT2D eigenvalue weighted by molar-refractivity contribution is 6.27. The minimum Gasteiger partial charge on any atom is -0.867 e. The SMILES string of the molecule is C[n+]1ccccc1.C[n+]1ccccc1.C[n+]1ccccc1.C[n+]1ccccc1.C[n+]1ccccc1.C[n+]1ccccc1.C[n+]1ccccc1.C[n+]1ccccc1.[O-]B([O-])F.[O-]B([O-])F.[O-]B([O-])F.[O-]B([O-])F. The van der Waals surface area contributed by atoms with E-state index < -0.39 is 29.6 Å². The molecule has 0 radical (unpaired) electrons. The lowest BCUT2D eigenvalue weighted by Gasteiger charge is -2.09. The molecule has 0 N–H and O–H groups in total. The maximum absolute atomic E-state index is 9.89. The lowest BCUT2D eigenvalue weighted by Crippen LogP contribution is -2.39. The number of nitrogens with zero attached hydrogens (tertiary/aromatic N) is 8. The normalized spacial score (nSPS) is 8.28. The summed E-state index contributed by atoms with van der Waals surface area (Å²) in [7, 11) is 3.33. The van der Waals surface area contributed by atoms with Gasteiger partial charge in [0.1, 0.15) is 86.0 Å². The number of rotatable bonds is 0. The van der Waals surface area contributed by atoms with E-state index in [2.05, 4.69) is 0 Å². The van der Waals surface area contributed by atoms with Gasteiger partial charge in [0.05, 0.1) is 0 Å². The summed E-state index contributed by atoms with van der Waals surface area (Å²) in [6.45, 7) is 0. The molecule has 0 aliphatic heterocycles. The van der Waals surface area contributed by atoms with E-state index in [1.165, 1.54) is 0 Å². The first-order valence-corrected chi connectivity index (χ1v) is 21.1. The quantitative estimate of drug-likeness (QED) is 0.0812. The number of halogens is 4. The molecule has 0 saturated carbocycles. The maximum Gasteiger partial charge on any atom is 0.168 e. The molecule has 0 aliphatic carbocycles. The molecule has 0 aromatic carbocycles. The van der Waals surface area contributed by atoms with Crippen molar-refractivity contribution in [1.29, 1.82) is 0 Å². The zero-order valence-electron chi connectivity index (χ0n) is 41.8. The largest absolute Gasteiger partial charge is 0.867 e. The van der Waals surface area contributed by atoms with Crippen molar-refractivity contribution in [2.45, 2.75) is 0 Å². The Kier molecular flexibility index (Phi) is 52.8. The second-order valence-corrected chi connectivity index (χ2v) is 13.4. The molecular weight excluding hydrogens is 936 g/mol. The predicted molar refractivity (Wildman–Crippen MR) is 248 cm³/mol. The summed E-state index contributed by atoms with van der Waals surface area (Å²) in [4.78, 5) is 0. The van der Waals surface area contributed by atoms with Gasteiger partial charge in [0.15, 0.2) is 99.1 Å². The van der Waals surface area contributed by atoms with Crippen LogP contribution in [0.2, 0.25) is 0 Å². The number of pyridine rings is 8. The van der Waals surface area contributed by atoms with Crippen molar-refractivity contribution in [3.8, 4) is 0 Å². The summed E-state index contributed by atoms with van der Waals surface area (Å²) in [6, 6.07) is 48.0. The highest BCUT2D eigenvalue weighted by Gasteiger charge is 1.83. The molecule has 0 atom stereocenters. The third-order valence-corrected chi connectivity index (χ3v) is 6.92. The van der Waals surface area contributed by atoms with Crippen LogP contribution in [0.5, 0.6) is 0 Å². The Hall–Kier alpha value is -7.14. The highest BCUT2D eigenvalue weighted by atomic mass is 19.1. The fourth-order valence-electron chi connectivity index (χ4n) is 3.88.